The topological polar surface area (TPSA) is 42.0 Å². The molecule has 0 aliphatic carbocycles. The van der Waals surface area contributed by atoms with Gasteiger partial charge in [-0.1, -0.05) is 40.2 Å². The number of carbonyl (C=O) groups excluding carboxylic acids is 1. The van der Waals surface area contributed by atoms with Crippen molar-refractivity contribution in [3.05, 3.63) is 58.1 Å². The number of amides is 1. The van der Waals surface area contributed by atoms with Crippen molar-refractivity contribution in [2.75, 3.05) is 33.4 Å². The molecule has 148 valence electrons. The molecule has 1 fully saturated rings. The van der Waals surface area contributed by atoms with E-state index < -0.39 is 0 Å². The molecule has 6 heteroatoms. The molecule has 2 aromatic rings. The molecular weight excluding hydrogens is 420 g/mol. The van der Waals surface area contributed by atoms with Gasteiger partial charge in [0.05, 0.1) is 6.54 Å². The summed E-state index contributed by atoms with van der Waals surface area (Å²) >= 11 is 3.56. The normalized spacial score (nSPS) is 18.9. The van der Waals surface area contributed by atoms with Crippen LogP contribution in [-0.4, -0.2) is 49.1 Å². The number of hydrogen-bond acceptors (Lipinski definition) is 4. The van der Waals surface area contributed by atoms with Gasteiger partial charge in [0.1, 0.15) is 13.2 Å². The summed E-state index contributed by atoms with van der Waals surface area (Å²) < 4.78 is 12.4. The monoisotopic (exact) mass is 444 g/mol. The predicted molar refractivity (Wildman–Crippen MR) is 112 cm³/mol. The molecule has 0 unspecified atom stereocenters. The lowest BCUT2D eigenvalue weighted by Gasteiger charge is -2.28. The van der Waals surface area contributed by atoms with Crippen LogP contribution in [0, 0.1) is 0 Å². The Kier molecular flexibility index (Phi) is 5.87. The molecule has 1 amide bonds. The molecule has 1 atom stereocenters. The molecule has 2 aliphatic rings. The van der Waals surface area contributed by atoms with E-state index in [-0.39, 0.29) is 11.9 Å². The van der Waals surface area contributed by atoms with Gasteiger partial charge in [0.2, 0.25) is 5.91 Å². The largest absolute Gasteiger partial charge is 0.486 e. The number of fused-ring (bicyclic) bond motifs is 1. The number of hydrogen-bond donors (Lipinski definition) is 0. The van der Waals surface area contributed by atoms with E-state index in [9.17, 15) is 4.79 Å². The Hall–Kier alpha value is -2.05. The van der Waals surface area contributed by atoms with Crippen LogP contribution in [0.3, 0.4) is 0 Å². The maximum Gasteiger partial charge on any atom is 0.236 e. The number of ether oxygens (including phenoxy) is 2. The van der Waals surface area contributed by atoms with Gasteiger partial charge in [0.25, 0.3) is 0 Å². The molecule has 0 radical (unpaired) electrons. The first kappa shape index (κ1) is 19.3. The van der Waals surface area contributed by atoms with Crippen molar-refractivity contribution < 1.29 is 14.3 Å². The Bertz CT molecular complexity index is 857. The minimum atomic E-state index is 0.139. The molecular formula is C22H25BrN2O3. The molecule has 0 N–H and O–H groups in total. The Balaban J connectivity index is 1.42. The molecule has 0 spiro atoms. The Morgan fingerprint density at radius 1 is 1.18 bits per heavy atom. The lowest BCUT2D eigenvalue weighted by atomic mass is 10.0. The van der Waals surface area contributed by atoms with E-state index in [2.05, 4.69) is 33.0 Å². The summed E-state index contributed by atoms with van der Waals surface area (Å²) in [5.41, 5.74) is 2.31. The zero-order valence-corrected chi connectivity index (χ0v) is 17.7. The molecule has 5 nitrogen and oxygen atoms in total. The average Bonchev–Trinajstić information content (AvgIpc) is 3.17. The lowest BCUT2D eigenvalue weighted by molar-refractivity contribution is -0.131. The second-order valence-electron chi connectivity index (χ2n) is 7.37. The van der Waals surface area contributed by atoms with Crippen molar-refractivity contribution in [2.24, 2.45) is 0 Å². The van der Waals surface area contributed by atoms with Gasteiger partial charge in [-0.3, -0.25) is 9.69 Å². The van der Waals surface area contributed by atoms with Gasteiger partial charge in [-0.25, -0.2) is 0 Å². The van der Waals surface area contributed by atoms with Crippen LogP contribution >= 0.6 is 15.9 Å². The second kappa shape index (κ2) is 8.53. The highest BCUT2D eigenvalue weighted by Gasteiger charge is 2.29. The van der Waals surface area contributed by atoms with Crippen molar-refractivity contribution in [3.8, 4) is 11.5 Å². The van der Waals surface area contributed by atoms with Gasteiger partial charge >= 0.3 is 0 Å². The number of likely N-dealkylation sites (tertiary alicyclic amines) is 1. The fourth-order valence-corrected chi connectivity index (χ4v) is 4.34. The van der Waals surface area contributed by atoms with Gasteiger partial charge in [-0.05, 0) is 48.7 Å². The minimum Gasteiger partial charge on any atom is -0.486 e. The maximum absolute atomic E-state index is 12.8. The highest BCUT2D eigenvalue weighted by atomic mass is 79.9. The predicted octanol–water partition coefficient (Wildman–Crippen LogP) is 4.02. The smallest absolute Gasteiger partial charge is 0.236 e. The van der Waals surface area contributed by atoms with Crippen LogP contribution in [0.15, 0.2) is 46.9 Å². The first-order chi connectivity index (χ1) is 13.6. The van der Waals surface area contributed by atoms with Crippen LogP contribution in [0.25, 0.3) is 0 Å². The van der Waals surface area contributed by atoms with E-state index in [0.717, 1.165) is 40.9 Å². The first-order valence-electron chi connectivity index (χ1n) is 9.73. The SMILES string of the molecule is CN(Cc1ccccc1Br)C(=O)CN1CCC[C@@H]1c1ccc2c(c1)OCCO2. The zero-order valence-electron chi connectivity index (χ0n) is 16.1. The van der Waals surface area contributed by atoms with E-state index in [1.165, 1.54) is 5.56 Å². The van der Waals surface area contributed by atoms with Crippen LogP contribution < -0.4 is 9.47 Å². The van der Waals surface area contributed by atoms with E-state index in [1.807, 2.05) is 37.4 Å². The van der Waals surface area contributed by atoms with E-state index in [0.29, 0.717) is 26.3 Å². The summed E-state index contributed by atoms with van der Waals surface area (Å²) in [5.74, 6) is 1.76. The van der Waals surface area contributed by atoms with Crippen molar-refractivity contribution in [1.29, 1.82) is 0 Å². The van der Waals surface area contributed by atoms with E-state index in [4.69, 9.17) is 9.47 Å². The highest BCUT2D eigenvalue weighted by Crippen LogP contribution is 2.38. The number of halogens is 1. The van der Waals surface area contributed by atoms with Crippen LogP contribution in [0.2, 0.25) is 0 Å². The standard InChI is InChI=1S/C22H25BrN2O3/c1-24(14-17-5-2-3-6-18(17)23)22(26)15-25-10-4-7-19(25)16-8-9-20-21(13-16)28-12-11-27-20/h2-3,5-6,8-9,13,19H,4,7,10-12,14-15H2,1H3/t19-/m1/s1. The lowest BCUT2D eigenvalue weighted by Crippen LogP contribution is -2.37. The summed E-state index contributed by atoms with van der Waals surface area (Å²) in [7, 11) is 1.87. The van der Waals surface area contributed by atoms with Crippen LogP contribution in [-0.2, 0) is 11.3 Å². The summed E-state index contributed by atoms with van der Waals surface area (Å²) in [4.78, 5) is 16.9. The van der Waals surface area contributed by atoms with E-state index >= 15 is 0 Å². The molecule has 2 aromatic carbocycles. The van der Waals surface area contributed by atoms with Gasteiger partial charge in [-0.15, -0.1) is 0 Å². The summed E-state index contributed by atoms with van der Waals surface area (Å²) in [5, 5.41) is 0. The molecule has 0 aromatic heterocycles. The molecule has 2 heterocycles. The molecule has 2 aliphatic heterocycles. The van der Waals surface area contributed by atoms with Gasteiger partial charge in [0, 0.05) is 24.1 Å². The van der Waals surface area contributed by atoms with Crippen molar-refractivity contribution in [3.63, 3.8) is 0 Å². The summed E-state index contributed by atoms with van der Waals surface area (Å²) in [6.45, 7) is 3.15. The third-order valence-electron chi connectivity index (χ3n) is 5.44. The Labute approximate surface area is 174 Å². The molecule has 4 rings (SSSR count). The number of benzene rings is 2. The molecule has 0 bridgehead atoms. The number of rotatable bonds is 5. The van der Waals surface area contributed by atoms with Gasteiger partial charge in [-0.2, -0.15) is 0 Å². The van der Waals surface area contributed by atoms with Crippen molar-refractivity contribution in [2.45, 2.75) is 25.4 Å². The summed E-state index contributed by atoms with van der Waals surface area (Å²) in [6, 6.07) is 14.4. The van der Waals surface area contributed by atoms with Crippen LogP contribution in [0.1, 0.15) is 30.0 Å². The number of carbonyl (C=O) groups is 1. The quantitative estimate of drug-likeness (QED) is 0.698. The van der Waals surface area contributed by atoms with Crippen molar-refractivity contribution >= 4 is 21.8 Å². The molecule has 0 saturated carbocycles. The molecule has 1 saturated heterocycles. The minimum absolute atomic E-state index is 0.139. The number of nitrogens with zero attached hydrogens (tertiary/aromatic N) is 2. The Morgan fingerprint density at radius 2 is 1.96 bits per heavy atom. The summed E-state index contributed by atoms with van der Waals surface area (Å²) in [6.07, 6.45) is 2.15. The van der Waals surface area contributed by atoms with Crippen molar-refractivity contribution in [1.82, 2.24) is 9.80 Å². The first-order valence-corrected chi connectivity index (χ1v) is 10.5. The highest BCUT2D eigenvalue weighted by molar-refractivity contribution is 9.10. The Morgan fingerprint density at radius 3 is 2.79 bits per heavy atom. The second-order valence-corrected chi connectivity index (χ2v) is 8.23. The fraction of sp³-hybridized carbons (Fsp3) is 0.409. The van der Waals surface area contributed by atoms with E-state index in [1.54, 1.807) is 4.90 Å². The fourth-order valence-electron chi connectivity index (χ4n) is 3.92. The average molecular weight is 445 g/mol. The third-order valence-corrected chi connectivity index (χ3v) is 6.22. The van der Waals surface area contributed by atoms with Crippen LogP contribution in [0.5, 0.6) is 11.5 Å². The number of likely N-dealkylation sites (N-methyl/N-ethyl adjacent to an activating group) is 1. The van der Waals surface area contributed by atoms with Gasteiger partial charge < -0.3 is 14.4 Å². The third kappa shape index (κ3) is 4.18. The van der Waals surface area contributed by atoms with Crippen LogP contribution in [0.4, 0.5) is 0 Å². The zero-order chi connectivity index (χ0) is 19.5. The van der Waals surface area contributed by atoms with Gasteiger partial charge in [0.15, 0.2) is 11.5 Å². The molecule has 28 heavy (non-hydrogen) atoms. The maximum atomic E-state index is 12.8.